The van der Waals surface area contributed by atoms with Gasteiger partial charge in [-0.1, -0.05) is 70.9 Å². The van der Waals surface area contributed by atoms with Crippen LogP contribution in [-0.2, 0) is 16.1 Å². The van der Waals surface area contributed by atoms with E-state index in [0.717, 1.165) is 22.0 Å². The largest absolute Gasteiger partial charge is 0.496 e. The number of hydrogen-bond donors (Lipinski definition) is 0. The summed E-state index contributed by atoms with van der Waals surface area (Å²) in [4.78, 5) is 33.1. The van der Waals surface area contributed by atoms with Crippen LogP contribution in [0.2, 0.25) is 0 Å². The molecule has 0 saturated carbocycles. The average molecular weight is 757 g/mol. The summed E-state index contributed by atoms with van der Waals surface area (Å²) in [5.41, 5.74) is 3.04. The molecular formula is C34H32Br2N2O6S. The van der Waals surface area contributed by atoms with Gasteiger partial charge in [0.25, 0.3) is 5.56 Å². The number of benzene rings is 3. The number of ether oxygens (including phenoxy) is 4. The molecule has 0 unspecified atom stereocenters. The van der Waals surface area contributed by atoms with Gasteiger partial charge >= 0.3 is 5.97 Å². The molecule has 0 spiro atoms. The lowest BCUT2D eigenvalue weighted by molar-refractivity contribution is -0.139. The van der Waals surface area contributed by atoms with Gasteiger partial charge in [-0.15, -0.1) is 0 Å². The van der Waals surface area contributed by atoms with E-state index in [9.17, 15) is 9.59 Å². The lowest BCUT2D eigenvalue weighted by Crippen LogP contribution is -2.40. The van der Waals surface area contributed by atoms with Gasteiger partial charge in [-0.2, -0.15) is 0 Å². The molecule has 0 bridgehead atoms. The molecule has 11 heteroatoms. The SMILES string of the molecule is CCCC1=C(C(=O)OCC)[C@@H](c2cc(Br)ccc2OC)n2c(s/c(=C/c3cc(Br)c(OCc4ccccc4)c(OC)c3)c2=O)=N1. The van der Waals surface area contributed by atoms with Crippen LogP contribution >= 0.6 is 43.2 Å². The first kappa shape index (κ1) is 32.7. The fraction of sp³-hybridized carbons (Fsp3) is 0.265. The second-order valence-electron chi connectivity index (χ2n) is 10.1. The lowest BCUT2D eigenvalue weighted by Gasteiger charge is -2.27. The summed E-state index contributed by atoms with van der Waals surface area (Å²) in [5, 5.41) is 0. The normalized spacial score (nSPS) is 14.5. The van der Waals surface area contributed by atoms with Crippen LogP contribution < -0.4 is 29.1 Å². The highest BCUT2D eigenvalue weighted by molar-refractivity contribution is 9.10. The van der Waals surface area contributed by atoms with Crippen LogP contribution in [0.15, 0.2) is 90.7 Å². The van der Waals surface area contributed by atoms with Gasteiger partial charge in [0.15, 0.2) is 16.3 Å². The smallest absolute Gasteiger partial charge is 0.338 e. The van der Waals surface area contributed by atoms with Crippen molar-refractivity contribution in [1.82, 2.24) is 4.57 Å². The third-order valence-corrected chi connectivity index (χ3v) is 9.22. The van der Waals surface area contributed by atoms with Crippen molar-refractivity contribution in [1.29, 1.82) is 0 Å². The minimum atomic E-state index is -0.800. The van der Waals surface area contributed by atoms with E-state index in [0.29, 0.717) is 60.9 Å². The van der Waals surface area contributed by atoms with Crippen molar-refractivity contribution < 1.29 is 23.7 Å². The number of carbonyl (C=O) groups is 1. The van der Waals surface area contributed by atoms with E-state index in [2.05, 4.69) is 31.9 Å². The molecule has 4 aromatic rings. The van der Waals surface area contributed by atoms with Crippen molar-refractivity contribution in [3.63, 3.8) is 0 Å². The number of allylic oxidation sites excluding steroid dienone is 1. The molecule has 1 aliphatic heterocycles. The Morgan fingerprint density at radius 1 is 1.02 bits per heavy atom. The Labute approximate surface area is 281 Å². The summed E-state index contributed by atoms with van der Waals surface area (Å²) >= 11 is 8.45. The van der Waals surface area contributed by atoms with Gasteiger partial charge in [-0.3, -0.25) is 9.36 Å². The molecule has 234 valence electrons. The van der Waals surface area contributed by atoms with Crippen molar-refractivity contribution in [3.8, 4) is 17.2 Å². The highest BCUT2D eigenvalue weighted by atomic mass is 79.9. The minimum absolute atomic E-state index is 0.191. The number of halogens is 2. The third-order valence-electron chi connectivity index (χ3n) is 7.15. The van der Waals surface area contributed by atoms with E-state index >= 15 is 0 Å². The molecule has 0 radical (unpaired) electrons. The Hall–Kier alpha value is -3.67. The number of esters is 1. The van der Waals surface area contributed by atoms with Crippen molar-refractivity contribution >= 4 is 55.2 Å². The number of methoxy groups -OCH3 is 2. The molecule has 0 fully saturated rings. The summed E-state index contributed by atoms with van der Waals surface area (Å²) in [7, 11) is 3.14. The predicted octanol–water partition coefficient (Wildman–Crippen LogP) is 6.70. The number of rotatable bonds is 11. The molecule has 5 rings (SSSR count). The van der Waals surface area contributed by atoms with E-state index in [4.69, 9.17) is 23.9 Å². The number of aromatic nitrogens is 1. The average Bonchev–Trinajstić information content (AvgIpc) is 3.34. The van der Waals surface area contributed by atoms with Crippen LogP contribution in [0.1, 0.15) is 49.4 Å². The molecule has 8 nitrogen and oxygen atoms in total. The Morgan fingerprint density at radius 3 is 2.47 bits per heavy atom. The van der Waals surface area contributed by atoms with Crippen LogP contribution in [0, 0.1) is 0 Å². The van der Waals surface area contributed by atoms with E-state index < -0.39 is 12.0 Å². The molecule has 1 aromatic heterocycles. The maximum absolute atomic E-state index is 14.2. The zero-order valence-electron chi connectivity index (χ0n) is 25.3. The molecule has 0 saturated heterocycles. The van der Waals surface area contributed by atoms with Crippen molar-refractivity contribution in [2.75, 3.05) is 20.8 Å². The van der Waals surface area contributed by atoms with Gasteiger partial charge in [-0.05, 0) is 76.8 Å². The number of hydrogen-bond acceptors (Lipinski definition) is 8. The van der Waals surface area contributed by atoms with Gasteiger partial charge in [0.05, 0.1) is 41.1 Å². The van der Waals surface area contributed by atoms with Crippen LogP contribution in [-0.4, -0.2) is 31.4 Å². The lowest BCUT2D eigenvalue weighted by atomic mass is 9.93. The molecule has 0 N–H and O–H groups in total. The van der Waals surface area contributed by atoms with E-state index in [-0.39, 0.29) is 12.2 Å². The molecule has 1 aliphatic rings. The molecule has 2 heterocycles. The molecule has 0 aliphatic carbocycles. The first-order valence-corrected chi connectivity index (χ1v) is 16.8. The molecular weight excluding hydrogens is 724 g/mol. The summed E-state index contributed by atoms with van der Waals surface area (Å²) in [5.74, 6) is 1.11. The molecule has 1 atom stereocenters. The maximum atomic E-state index is 14.2. The van der Waals surface area contributed by atoms with Gasteiger partial charge in [-0.25, -0.2) is 9.79 Å². The van der Waals surface area contributed by atoms with Gasteiger partial charge in [0.1, 0.15) is 18.4 Å². The first-order chi connectivity index (χ1) is 21.8. The summed E-state index contributed by atoms with van der Waals surface area (Å²) in [6.07, 6.45) is 3.09. The summed E-state index contributed by atoms with van der Waals surface area (Å²) in [6, 6.07) is 18.3. The zero-order chi connectivity index (χ0) is 32.1. The Balaban J connectivity index is 1.66. The molecule has 0 amide bonds. The van der Waals surface area contributed by atoms with Crippen LogP contribution in [0.4, 0.5) is 0 Å². The quantitative estimate of drug-likeness (QED) is 0.159. The molecule has 45 heavy (non-hydrogen) atoms. The highest BCUT2D eigenvalue weighted by Gasteiger charge is 2.36. The van der Waals surface area contributed by atoms with Gasteiger partial charge in [0.2, 0.25) is 0 Å². The Bertz CT molecular complexity index is 1930. The Kier molecular flexibility index (Phi) is 10.6. The topological polar surface area (TPSA) is 88.4 Å². The second kappa shape index (κ2) is 14.6. The van der Waals surface area contributed by atoms with Gasteiger partial charge in [0, 0.05) is 10.0 Å². The van der Waals surface area contributed by atoms with Crippen molar-refractivity contribution in [2.45, 2.75) is 39.3 Å². The molecule has 3 aromatic carbocycles. The predicted molar refractivity (Wildman–Crippen MR) is 182 cm³/mol. The van der Waals surface area contributed by atoms with Gasteiger partial charge < -0.3 is 18.9 Å². The number of thiazole rings is 1. The van der Waals surface area contributed by atoms with Crippen molar-refractivity contribution in [2.24, 2.45) is 4.99 Å². The monoisotopic (exact) mass is 754 g/mol. The zero-order valence-corrected chi connectivity index (χ0v) is 29.3. The summed E-state index contributed by atoms with van der Waals surface area (Å²) in [6.45, 7) is 4.34. The third kappa shape index (κ3) is 6.95. The second-order valence-corrected chi connectivity index (χ2v) is 12.9. The number of nitrogens with zero attached hydrogens (tertiary/aromatic N) is 2. The van der Waals surface area contributed by atoms with E-state index in [1.54, 1.807) is 31.8 Å². The minimum Gasteiger partial charge on any atom is -0.496 e. The van der Waals surface area contributed by atoms with E-state index in [1.165, 1.54) is 11.3 Å². The number of carbonyl (C=O) groups excluding carboxylic acids is 1. The fourth-order valence-electron chi connectivity index (χ4n) is 5.18. The van der Waals surface area contributed by atoms with Crippen LogP contribution in [0.3, 0.4) is 0 Å². The van der Waals surface area contributed by atoms with Crippen LogP contribution in [0.25, 0.3) is 6.08 Å². The maximum Gasteiger partial charge on any atom is 0.338 e. The first-order valence-electron chi connectivity index (χ1n) is 14.4. The highest BCUT2D eigenvalue weighted by Crippen LogP contribution is 2.39. The summed E-state index contributed by atoms with van der Waals surface area (Å²) < 4.78 is 26.5. The Morgan fingerprint density at radius 2 is 1.78 bits per heavy atom. The van der Waals surface area contributed by atoms with E-state index in [1.807, 2.05) is 67.6 Å². The number of fused-ring (bicyclic) bond motifs is 1. The van der Waals surface area contributed by atoms with Crippen LogP contribution in [0.5, 0.6) is 17.2 Å². The fourth-order valence-corrected chi connectivity index (χ4v) is 7.15. The van der Waals surface area contributed by atoms with Crippen molar-refractivity contribution in [3.05, 3.63) is 117 Å². The standard InChI is InChI=1S/C34H32Br2N2O6S/c1-5-10-25-29(33(40)43-6-2)30(23-18-22(35)13-14-26(23)41-3)38-32(39)28(45-34(38)37-25)17-21-15-24(36)31(27(16-21)42-4)44-19-20-11-8-7-9-12-20/h7-9,11-18,30H,5-6,10,19H2,1-4H3/b28-17+/t30-/m1/s1.